The van der Waals surface area contributed by atoms with Gasteiger partial charge >= 0.3 is 6.18 Å². The lowest BCUT2D eigenvalue weighted by molar-refractivity contribution is -0.136. The first-order valence-electron chi connectivity index (χ1n) is 7.16. The minimum atomic E-state index is -4.60. The molecular formula is C18H12F3N3S. The van der Waals surface area contributed by atoms with E-state index < -0.39 is 11.7 Å². The molecule has 0 atom stereocenters. The molecule has 0 aliphatic heterocycles. The van der Waals surface area contributed by atoms with Gasteiger partial charge in [0.2, 0.25) is 0 Å². The first kappa shape index (κ1) is 17.0. The summed E-state index contributed by atoms with van der Waals surface area (Å²) in [6.45, 7) is 12.7. The summed E-state index contributed by atoms with van der Waals surface area (Å²) in [6, 6.07) is 7.94. The third-order valence-corrected chi connectivity index (χ3v) is 4.75. The van der Waals surface area contributed by atoms with Crippen molar-refractivity contribution in [3.05, 3.63) is 59.5 Å². The number of thiophene rings is 1. The van der Waals surface area contributed by atoms with Crippen LogP contribution >= 0.6 is 11.3 Å². The molecule has 3 rings (SSSR count). The van der Waals surface area contributed by atoms with Crippen molar-refractivity contribution in [3.8, 4) is 11.3 Å². The van der Waals surface area contributed by atoms with E-state index in [0.717, 1.165) is 28.5 Å². The van der Waals surface area contributed by atoms with Gasteiger partial charge in [0.25, 0.3) is 5.00 Å². The smallest absolute Gasteiger partial charge is 0.406 e. The molecule has 3 nitrogen and oxygen atoms in total. The second kappa shape index (κ2) is 5.90. The minimum Gasteiger partial charge on any atom is -0.406 e. The van der Waals surface area contributed by atoms with Gasteiger partial charge < -0.3 is 5.73 Å². The van der Waals surface area contributed by atoms with Gasteiger partial charge in [-0.3, -0.25) is 0 Å². The van der Waals surface area contributed by atoms with Crippen LogP contribution in [0.15, 0.2) is 36.9 Å². The summed E-state index contributed by atoms with van der Waals surface area (Å²) in [7, 11) is 0. The predicted molar refractivity (Wildman–Crippen MR) is 95.4 cm³/mol. The fraction of sp³-hybridized carbons (Fsp3) is 0.111. The van der Waals surface area contributed by atoms with Crippen LogP contribution in [0.4, 0.5) is 23.9 Å². The topological polar surface area (TPSA) is 43.3 Å². The molecule has 2 N–H and O–H groups in total. The first-order valence-corrected chi connectivity index (χ1v) is 7.98. The monoisotopic (exact) mass is 359 g/mol. The Bertz CT molecular complexity index is 1020. The van der Waals surface area contributed by atoms with Gasteiger partial charge in [-0.25, -0.2) is 9.83 Å². The zero-order valence-electron chi connectivity index (χ0n) is 13.1. The van der Waals surface area contributed by atoms with Crippen molar-refractivity contribution < 1.29 is 13.2 Å². The number of benzene rings is 1. The van der Waals surface area contributed by atoms with Crippen LogP contribution in [0.5, 0.6) is 0 Å². The van der Waals surface area contributed by atoms with Crippen molar-refractivity contribution in [2.24, 2.45) is 0 Å². The number of rotatable bonds is 2. The zero-order chi connectivity index (χ0) is 18.4. The first-order chi connectivity index (χ1) is 11.7. The quantitative estimate of drug-likeness (QED) is 0.558. The number of nitrogens with zero attached hydrogens (tertiary/aromatic N) is 2. The Morgan fingerprint density at radius 1 is 1.28 bits per heavy atom. The van der Waals surface area contributed by atoms with Crippen LogP contribution in [-0.2, 0) is 6.18 Å². The predicted octanol–water partition coefficient (Wildman–Crippen LogP) is 6.15. The molecular weight excluding hydrogens is 347 g/mol. The van der Waals surface area contributed by atoms with Crippen LogP contribution in [0, 0.1) is 6.57 Å². The van der Waals surface area contributed by atoms with E-state index in [-0.39, 0.29) is 26.6 Å². The fourth-order valence-corrected chi connectivity index (χ4v) is 3.40. The van der Waals surface area contributed by atoms with Crippen molar-refractivity contribution >= 4 is 37.8 Å². The molecule has 0 saturated carbocycles. The van der Waals surface area contributed by atoms with E-state index >= 15 is 0 Å². The summed E-state index contributed by atoms with van der Waals surface area (Å²) in [5.41, 5.74) is 7.19. The standard InChI is InChI=1S/C18H12F3N3S/c1-9(2)10-4-6-11(7-5-10)13-8-12(18(19,20)21)14-15(22)17(23-3)25-16(14)24-13/h4-8H,1,22H2,2H3. The van der Waals surface area contributed by atoms with Crippen LogP contribution in [0.3, 0.4) is 0 Å². The van der Waals surface area contributed by atoms with E-state index in [0.29, 0.717) is 5.56 Å². The molecule has 0 aliphatic carbocycles. The largest absolute Gasteiger partial charge is 0.417 e. The molecule has 3 aromatic rings. The Balaban J connectivity index is 2.27. The molecule has 0 saturated heterocycles. The molecule has 0 amide bonds. The third kappa shape index (κ3) is 2.96. The highest BCUT2D eigenvalue weighted by Gasteiger charge is 2.35. The van der Waals surface area contributed by atoms with Crippen LogP contribution < -0.4 is 5.73 Å². The second-order valence-corrected chi connectivity index (χ2v) is 6.50. The van der Waals surface area contributed by atoms with Crippen molar-refractivity contribution in [2.75, 3.05) is 5.73 Å². The molecule has 2 aromatic heterocycles. The highest BCUT2D eigenvalue weighted by Crippen LogP contribution is 2.46. The van der Waals surface area contributed by atoms with Crippen LogP contribution in [-0.4, -0.2) is 4.98 Å². The number of halogens is 3. The molecule has 1 aromatic carbocycles. The minimum absolute atomic E-state index is 0.0165. The Kier molecular flexibility index (Phi) is 4.01. The maximum Gasteiger partial charge on any atom is 0.417 e. The van der Waals surface area contributed by atoms with Crippen molar-refractivity contribution in [2.45, 2.75) is 13.1 Å². The number of anilines is 1. The van der Waals surface area contributed by atoms with Crippen molar-refractivity contribution in [3.63, 3.8) is 0 Å². The molecule has 25 heavy (non-hydrogen) atoms. The number of fused-ring (bicyclic) bond motifs is 1. The number of nitrogen functional groups attached to an aromatic ring is 1. The fourth-order valence-electron chi connectivity index (χ4n) is 2.49. The van der Waals surface area contributed by atoms with Gasteiger partial charge in [0.15, 0.2) is 0 Å². The Morgan fingerprint density at radius 3 is 2.44 bits per heavy atom. The number of nitrogens with two attached hydrogens (primary N) is 1. The van der Waals surface area contributed by atoms with E-state index in [4.69, 9.17) is 12.3 Å². The molecule has 0 bridgehead atoms. The number of alkyl halides is 3. The molecule has 0 fully saturated rings. The highest BCUT2D eigenvalue weighted by atomic mass is 32.1. The molecule has 0 aliphatic rings. The maximum atomic E-state index is 13.5. The van der Waals surface area contributed by atoms with E-state index in [1.807, 2.05) is 6.92 Å². The number of hydrogen-bond acceptors (Lipinski definition) is 3. The number of hydrogen-bond donors (Lipinski definition) is 1. The Labute approximate surface area is 146 Å². The molecule has 126 valence electrons. The van der Waals surface area contributed by atoms with E-state index in [1.165, 1.54) is 0 Å². The summed E-state index contributed by atoms with van der Waals surface area (Å²) in [5, 5.41) is -0.186. The van der Waals surface area contributed by atoms with Gasteiger partial charge in [0, 0.05) is 10.9 Å². The average molecular weight is 359 g/mol. The number of allylic oxidation sites excluding steroid dienone is 1. The van der Waals surface area contributed by atoms with E-state index in [9.17, 15) is 13.2 Å². The summed E-state index contributed by atoms with van der Waals surface area (Å²) in [4.78, 5) is 7.60. The van der Waals surface area contributed by atoms with Crippen LogP contribution in [0.1, 0.15) is 18.1 Å². The SMILES string of the molecule is [C-]#[N+]c1sc2nc(-c3ccc(C(=C)C)cc3)cc(C(F)(F)F)c2c1N. The molecule has 0 spiro atoms. The summed E-state index contributed by atoms with van der Waals surface area (Å²) in [5.74, 6) is 0. The molecule has 7 heteroatoms. The van der Waals surface area contributed by atoms with Gasteiger partial charge in [-0.2, -0.15) is 13.2 Å². The lowest BCUT2D eigenvalue weighted by Gasteiger charge is -2.12. The summed E-state index contributed by atoms with van der Waals surface area (Å²) >= 11 is 0.867. The highest BCUT2D eigenvalue weighted by molar-refractivity contribution is 7.23. The Hall–Kier alpha value is -2.85. The average Bonchev–Trinajstić information content (AvgIpc) is 2.89. The lowest BCUT2D eigenvalue weighted by Crippen LogP contribution is -2.07. The summed E-state index contributed by atoms with van der Waals surface area (Å²) in [6.07, 6.45) is -4.60. The van der Waals surface area contributed by atoms with Gasteiger partial charge in [-0.1, -0.05) is 36.4 Å². The van der Waals surface area contributed by atoms with Crippen molar-refractivity contribution in [1.82, 2.24) is 4.98 Å². The zero-order valence-corrected chi connectivity index (χ0v) is 13.9. The normalized spacial score (nSPS) is 11.5. The van der Waals surface area contributed by atoms with E-state index in [2.05, 4.69) is 16.4 Å². The van der Waals surface area contributed by atoms with Gasteiger partial charge in [-0.05, 0) is 18.6 Å². The lowest BCUT2D eigenvalue weighted by atomic mass is 10.0. The number of pyridine rings is 1. The van der Waals surface area contributed by atoms with E-state index in [1.54, 1.807) is 24.3 Å². The number of aromatic nitrogens is 1. The van der Waals surface area contributed by atoms with Gasteiger partial charge in [0.1, 0.15) is 4.83 Å². The summed E-state index contributed by atoms with van der Waals surface area (Å²) < 4.78 is 40.5. The van der Waals surface area contributed by atoms with Crippen molar-refractivity contribution in [1.29, 1.82) is 0 Å². The maximum absolute atomic E-state index is 13.5. The van der Waals surface area contributed by atoms with Gasteiger partial charge in [-0.15, -0.1) is 11.3 Å². The van der Waals surface area contributed by atoms with Crippen LogP contribution in [0.2, 0.25) is 0 Å². The Morgan fingerprint density at radius 2 is 1.92 bits per heavy atom. The van der Waals surface area contributed by atoms with Gasteiger partial charge in [0.05, 0.1) is 23.5 Å². The second-order valence-electron chi connectivity index (χ2n) is 5.52. The molecule has 0 radical (unpaired) electrons. The van der Waals surface area contributed by atoms with Crippen LogP contribution in [0.25, 0.3) is 31.9 Å². The molecule has 0 unspecified atom stereocenters. The third-order valence-electron chi connectivity index (χ3n) is 3.76. The molecule has 2 heterocycles.